The van der Waals surface area contributed by atoms with Gasteiger partial charge in [-0.15, -0.1) is 0 Å². The molecule has 2 heterocycles. The van der Waals surface area contributed by atoms with Crippen molar-refractivity contribution in [3.05, 3.63) is 24.0 Å². The molecule has 0 aliphatic carbocycles. The summed E-state index contributed by atoms with van der Waals surface area (Å²) in [6.07, 6.45) is 3.94. The van der Waals surface area contributed by atoms with Crippen LogP contribution >= 0.6 is 0 Å². The van der Waals surface area contributed by atoms with Gasteiger partial charge in [0.1, 0.15) is 6.61 Å². The monoisotopic (exact) mass is 237 g/mol. The number of carbonyl (C=O) groups excluding carboxylic acids is 1. The number of hydrogen-bond acceptors (Lipinski definition) is 3. The number of aromatic nitrogens is 1. The molecule has 2 N–H and O–H groups in total. The number of amides is 1. The molecule has 1 fully saturated rings. The van der Waals surface area contributed by atoms with E-state index < -0.39 is 0 Å². The van der Waals surface area contributed by atoms with Crippen molar-refractivity contribution in [3.8, 4) is 0 Å². The van der Waals surface area contributed by atoms with Crippen LogP contribution in [0.5, 0.6) is 0 Å². The van der Waals surface area contributed by atoms with Crippen molar-refractivity contribution < 1.29 is 9.53 Å². The molecule has 1 aromatic rings. The summed E-state index contributed by atoms with van der Waals surface area (Å²) in [6.45, 7) is 4.33. The van der Waals surface area contributed by atoms with Crippen molar-refractivity contribution in [3.63, 3.8) is 0 Å². The molecular weight excluding hydrogens is 218 g/mol. The molecule has 0 unspecified atom stereocenters. The van der Waals surface area contributed by atoms with E-state index in [4.69, 9.17) is 4.74 Å². The number of carbonyl (C=O) groups is 1. The summed E-state index contributed by atoms with van der Waals surface area (Å²) < 4.78 is 7.50. The lowest BCUT2D eigenvalue weighted by molar-refractivity contribution is -0.136. The predicted octanol–water partition coefficient (Wildman–Crippen LogP) is 0.0198. The van der Waals surface area contributed by atoms with Gasteiger partial charge < -0.3 is 19.9 Å². The van der Waals surface area contributed by atoms with Gasteiger partial charge >= 0.3 is 0 Å². The van der Waals surface area contributed by atoms with E-state index in [-0.39, 0.29) is 18.1 Å². The highest BCUT2D eigenvalue weighted by Crippen LogP contribution is 2.14. The van der Waals surface area contributed by atoms with E-state index in [0.717, 1.165) is 18.7 Å². The molecular formula is C12H19N3O2. The van der Waals surface area contributed by atoms with Crippen LogP contribution in [-0.2, 0) is 23.1 Å². The average Bonchev–Trinajstić information content (AvgIpc) is 2.67. The molecule has 0 atom stereocenters. The average molecular weight is 237 g/mol. The summed E-state index contributed by atoms with van der Waals surface area (Å²) in [5.74, 6) is -0.0676. The Hall–Kier alpha value is -1.33. The molecule has 2 rings (SSSR count). The number of nitrogens with one attached hydrogen (secondary N) is 2. The zero-order chi connectivity index (χ0) is 12.3. The van der Waals surface area contributed by atoms with Crippen LogP contribution in [0.15, 0.2) is 18.5 Å². The Bertz CT molecular complexity index is 396. The standard InChI is InChI=1S/C12H19N3O2/c1-12(8-13-9-12)17-7-11(16)14-5-10-3-4-15(2)6-10/h3-4,6,13H,5,7-9H2,1-2H3,(H,14,16). The molecule has 0 bridgehead atoms. The van der Waals surface area contributed by atoms with Crippen LogP contribution in [0.1, 0.15) is 12.5 Å². The van der Waals surface area contributed by atoms with Gasteiger partial charge in [-0.1, -0.05) is 0 Å². The van der Waals surface area contributed by atoms with E-state index in [0.29, 0.717) is 6.54 Å². The summed E-state index contributed by atoms with van der Waals surface area (Å²) in [7, 11) is 1.96. The first-order valence-corrected chi connectivity index (χ1v) is 5.80. The molecule has 5 heteroatoms. The van der Waals surface area contributed by atoms with Crippen LogP contribution in [0.3, 0.4) is 0 Å². The van der Waals surface area contributed by atoms with E-state index in [1.807, 2.05) is 37.0 Å². The second kappa shape index (κ2) is 4.89. The third-order valence-electron chi connectivity index (χ3n) is 2.93. The fourth-order valence-electron chi connectivity index (χ4n) is 1.74. The molecule has 1 aliphatic rings. The van der Waals surface area contributed by atoms with E-state index in [1.54, 1.807) is 0 Å². The van der Waals surface area contributed by atoms with Gasteiger partial charge in [0.05, 0.1) is 5.60 Å². The first kappa shape index (κ1) is 12.1. The zero-order valence-electron chi connectivity index (χ0n) is 10.3. The minimum atomic E-state index is -0.163. The van der Waals surface area contributed by atoms with Gasteiger partial charge in [0.2, 0.25) is 5.91 Å². The van der Waals surface area contributed by atoms with Gasteiger partial charge in [0, 0.05) is 39.1 Å². The highest BCUT2D eigenvalue weighted by Gasteiger charge is 2.32. The topological polar surface area (TPSA) is 55.3 Å². The van der Waals surface area contributed by atoms with Crippen molar-refractivity contribution in [1.29, 1.82) is 0 Å². The first-order chi connectivity index (χ1) is 8.07. The van der Waals surface area contributed by atoms with Crippen molar-refractivity contribution in [2.45, 2.75) is 19.1 Å². The first-order valence-electron chi connectivity index (χ1n) is 5.80. The summed E-state index contributed by atoms with van der Waals surface area (Å²) in [5, 5.41) is 5.96. The third-order valence-corrected chi connectivity index (χ3v) is 2.93. The van der Waals surface area contributed by atoms with E-state index >= 15 is 0 Å². The highest BCUT2D eigenvalue weighted by atomic mass is 16.5. The molecule has 17 heavy (non-hydrogen) atoms. The Kier molecular flexibility index (Phi) is 3.49. The predicted molar refractivity (Wildman–Crippen MR) is 64.5 cm³/mol. The van der Waals surface area contributed by atoms with Crippen LogP contribution in [0.2, 0.25) is 0 Å². The Morgan fingerprint density at radius 2 is 2.41 bits per heavy atom. The maximum absolute atomic E-state index is 11.5. The minimum Gasteiger partial charge on any atom is -0.363 e. The van der Waals surface area contributed by atoms with E-state index in [9.17, 15) is 4.79 Å². The smallest absolute Gasteiger partial charge is 0.246 e. The van der Waals surface area contributed by atoms with Gasteiger partial charge in [-0.2, -0.15) is 0 Å². The molecule has 1 amide bonds. The van der Waals surface area contributed by atoms with Crippen LogP contribution in [0, 0.1) is 0 Å². The van der Waals surface area contributed by atoms with Crippen LogP contribution in [0.25, 0.3) is 0 Å². The number of ether oxygens (including phenoxy) is 1. The van der Waals surface area contributed by atoms with Gasteiger partial charge in [-0.05, 0) is 18.6 Å². The molecule has 0 spiro atoms. The van der Waals surface area contributed by atoms with Crippen LogP contribution < -0.4 is 10.6 Å². The van der Waals surface area contributed by atoms with Crippen LogP contribution in [0.4, 0.5) is 0 Å². The Balaban J connectivity index is 1.67. The second-order valence-corrected chi connectivity index (χ2v) is 4.80. The molecule has 5 nitrogen and oxygen atoms in total. The van der Waals surface area contributed by atoms with E-state index in [2.05, 4.69) is 10.6 Å². The highest BCUT2D eigenvalue weighted by molar-refractivity contribution is 5.77. The Morgan fingerprint density at radius 1 is 1.65 bits per heavy atom. The lowest BCUT2D eigenvalue weighted by atomic mass is 10.0. The quantitative estimate of drug-likeness (QED) is 0.759. The fraction of sp³-hybridized carbons (Fsp3) is 0.583. The van der Waals surface area contributed by atoms with Gasteiger partial charge in [-0.3, -0.25) is 4.79 Å². The van der Waals surface area contributed by atoms with Gasteiger partial charge in [0.15, 0.2) is 0 Å². The SMILES string of the molecule is Cn1ccc(CNC(=O)COC2(C)CNC2)c1. The normalized spacial score (nSPS) is 17.5. The van der Waals surface area contributed by atoms with E-state index in [1.165, 1.54) is 0 Å². The lowest BCUT2D eigenvalue weighted by Crippen LogP contribution is -2.59. The molecule has 1 aromatic heterocycles. The molecule has 94 valence electrons. The van der Waals surface area contributed by atoms with Crippen molar-refractivity contribution in [2.75, 3.05) is 19.7 Å². The number of hydrogen-bond donors (Lipinski definition) is 2. The summed E-state index contributed by atoms with van der Waals surface area (Å²) in [6, 6.07) is 1.98. The molecule has 1 aliphatic heterocycles. The summed E-state index contributed by atoms with van der Waals surface area (Å²) in [4.78, 5) is 11.5. The fourth-order valence-corrected chi connectivity index (χ4v) is 1.74. The lowest BCUT2D eigenvalue weighted by Gasteiger charge is -2.38. The molecule has 1 saturated heterocycles. The number of aryl methyl sites for hydroxylation is 1. The number of rotatable bonds is 5. The third kappa shape index (κ3) is 3.31. The zero-order valence-corrected chi connectivity index (χ0v) is 10.3. The largest absolute Gasteiger partial charge is 0.363 e. The molecule has 0 saturated carbocycles. The maximum atomic E-state index is 11.5. The van der Waals surface area contributed by atoms with Gasteiger partial charge in [-0.25, -0.2) is 0 Å². The second-order valence-electron chi connectivity index (χ2n) is 4.80. The maximum Gasteiger partial charge on any atom is 0.246 e. The van der Waals surface area contributed by atoms with Crippen molar-refractivity contribution in [2.24, 2.45) is 7.05 Å². The van der Waals surface area contributed by atoms with Crippen molar-refractivity contribution >= 4 is 5.91 Å². The summed E-state index contributed by atoms with van der Waals surface area (Å²) in [5.41, 5.74) is 0.932. The Morgan fingerprint density at radius 3 is 2.94 bits per heavy atom. The summed E-state index contributed by atoms with van der Waals surface area (Å²) >= 11 is 0. The van der Waals surface area contributed by atoms with Crippen LogP contribution in [-0.4, -0.2) is 35.8 Å². The molecule has 0 radical (unpaired) electrons. The van der Waals surface area contributed by atoms with Crippen molar-refractivity contribution in [1.82, 2.24) is 15.2 Å². The number of nitrogens with zero attached hydrogens (tertiary/aromatic N) is 1. The van der Waals surface area contributed by atoms with Gasteiger partial charge in [0.25, 0.3) is 0 Å². The Labute approximate surface area is 101 Å². The molecule has 0 aromatic carbocycles. The minimum absolute atomic E-state index is 0.0676.